The number of carboxylic acid groups (broad SMARTS) is 1. The minimum absolute atomic E-state index is 0.0943. The summed E-state index contributed by atoms with van der Waals surface area (Å²) < 4.78 is 38.2. The van der Waals surface area contributed by atoms with Crippen LogP contribution in [0.5, 0.6) is 5.75 Å². The number of benzene rings is 1. The van der Waals surface area contributed by atoms with Crippen LogP contribution in [0.2, 0.25) is 0 Å². The molecule has 2 aliphatic rings. The molecule has 4 rings (SSSR count). The Labute approximate surface area is 264 Å². The van der Waals surface area contributed by atoms with Gasteiger partial charge in [-0.15, -0.1) is 0 Å². The maximum Gasteiger partial charge on any atom is 0.409 e. The van der Waals surface area contributed by atoms with Crippen molar-refractivity contribution in [2.75, 3.05) is 52.5 Å². The van der Waals surface area contributed by atoms with Crippen molar-refractivity contribution in [1.29, 1.82) is 0 Å². The summed E-state index contributed by atoms with van der Waals surface area (Å²) in [5.41, 5.74) is 1.03. The first-order chi connectivity index (χ1) is 21.9. The molecule has 15 heteroatoms. The van der Waals surface area contributed by atoms with Crippen LogP contribution < -0.4 is 10.1 Å². The molecule has 4 amide bonds. The van der Waals surface area contributed by atoms with E-state index in [2.05, 4.69) is 10.3 Å². The van der Waals surface area contributed by atoms with Gasteiger partial charge in [0, 0.05) is 57.0 Å². The summed E-state index contributed by atoms with van der Waals surface area (Å²) in [6, 6.07) is 5.26. The summed E-state index contributed by atoms with van der Waals surface area (Å²) in [5, 5.41) is 12.4. The molecule has 0 saturated carbocycles. The minimum atomic E-state index is -2.95. The number of fused-ring (bicyclic) bond motifs is 1. The van der Waals surface area contributed by atoms with Gasteiger partial charge in [0.2, 0.25) is 5.91 Å². The third-order valence-electron chi connectivity index (χ3n) is 7.86. The molecule has 3 heterocycles. The molecular formula is C31H39F2N5O8. The van der Waals surface area contributed by atoms with Crippen LogP contribution in [0.25, 0.3) is 10.9 Å². The van der Waals surface area contributed by atoms with Crippen molar-refractivity contribution in [3.05, 3.63) is 35.5 Å². The fourth-order valence-corrected chi connectivity index (χ4v) is 5.20. The summed E-state index contributed by atoms with van der Waals surface area (Å²) in [7, 11) is 0. The molecule has 0 radical (unpaired) electrons. The second-order valence-corrected chi connectivity index (χ2v) is 11.5. The molecule has 46 heavy (non-hydrogen) atoms. The summed E-state index contributed by atoms with van der Waals surface area (Å²) >= 11 is 0. The van der Waals surface area contributed by atoms with E-state index in [-0.39, 0.29) is 50.6 Å². The van der Waals surface area contributed by atoms with E-state index in [9.17, 15) is 37.9 Å². The summed E-state index contributed by atoms with van der Waals surface area (Å²) in [5.74, 6) is -5.90. The van der Waals surface area contributed by atoms with Crippen LogP contribution in [-0.2, 0) is 19.1 Å². The molecular weight excluding hydrogens is 608 g/mol. The molecule has 2 saturated heterocycles. The number of likely N-dealkylation sites (tertiary alicyclic amines) is 1. The average molecular weight is 648 g/mol. The number of hydrogen-bond donors (Lipinski definition) is 2. The second-order valence-electron chi connectivity index (χ2n) is 11.5. The number of rotatable bonds is 12. The van der Waals surface area contributed by atoms with Gasteiger partial charge in [0.05, 0.1) is 18.7 Å². The van der Waals surface area contributed by atoms with Gasteiger partial charge < -0.3 is 34.6 Å². The number of carbonyl (C=O) groups excluding carboxylic acids is 4. The topological polar surface area (TPSA) is 159 Å². The van der Waals surface area contributed by atoms with E-state index >= 15 is 0 Å². The largest absolute Gasteiger partial charge is 0.483 e. The zero-order valence-corrected chi connectivity index (χ0v) is 25.9. The number of amides is 4. The van der Waals surface area contributed by atoms with Crippen LogP contribution in [-0.4, -0.2) is 119 Å². The molecule has 2 N–H and O–H groups in total. The molecule has 250 valence electrons. The zero-order valence-electron chi connectivity index (χ0n) is 25.9. The lowest BCUT2D eigenvalue weighted by atomic mass is 10.1. The number of aliphatic carboxylic acids is 1. The normalized spacial score (nSPS) is 16.7. The smallest absolute Gasteiger partial charge is 0.409 e. The maximum atomic E-state index is 13.6. The average Bonchev–Trinajstić information content (AvgIpc) is 3.40. The predicted molar refractivity (Wildman–Crippen MR) is 161 cm³/mol. The number of carbonyl (C=O) groups is 5. The molecule has 2 aliphatic heterocycles. The number of piperazine rings is 1. The van der Waals surface area contributed by atoms with Crippen molar-refractivity contribution in [3.8, 4) is 5.75 Å². The summed E-state index contributed by atoms with van der Waals surface area (Å²) in [4.78, 5) is 71.6. The van der Waals surface area contributed by atoms with Crippen molar-refractivity contribution in [2.24, 2.45) is 0 Å². The second kappa shape index (κ2) is 15.1. The molecule has 1 aromatic heterocycles. The quantitative estimate of drug-likeness (QED) is 0.331. The molecule has 0 spiro atoms. The van der Waals surface area contributed by atoms with Crippen molar-refractivity contribution in [3.63, 3.8) is 0 Å². The Bertz CT molecular complexity index is 1460. The molecule has 2 aromatic rings. The standard InChI is InChI=1S/C31H39F2N5O8/c1-3-4-15-45-30(44)37-13-11-36(12-14-37)29(43)22(7-8-27(40)41)35-28(42)24-17-25(21-6-5-20(2)16-23(21)34-24)46-18-26(39)38-10-9-31(32,33)19-38/h5-6,16-17,22H,3-4,7-15,18-19H2,1-2H3,(H,35,42)(H,40,41)/t22-/m0/s1. The summed E-state index contributed by atoms with van der Waals surface area (Å²) in [6.45, 7) is 3.55. The highest BCUT2D eigenvalue weighted by atomic mass is 19.3. The SMILES string of the molecule is CCCCOC(=O)N1CCN(C(=O)[C@H](CCC(=O)O)NC(=O)c2cc(OCC(=O)N3CCC(F)(F)C3)c3ccc(C)cc3n2)CC1. The van der Waals surface area contributed by atoms with E-state index in [0.717, 1.165) is 23.3 Å². The van der Waals surface area contributed by atoms with Gasteiger partial charge in [0.1, 0.15) is 17.5 Å². The van der Waals surface area contributed by atoms with Gasteiger partial charge in [-0.2, -0.15) is 0 Å². The zero-order chi connectivity index (χ0) is 33.4. The molecule has 2 fully saturated rings. The van der Waals surface area contributed by atoms with Crippen molar-refractivity contribution < 1.29 is 47.3 Å². The van der Waals surface area contributed by atoms with E-state index in [1.807, 2.05) is 13.8 Å². The number of halogens is 2. The fourth-order valence-electron chi connectivity index (χ4n) is 5.20. The molecule has 0 bridgehead atoms. The minimum Gasteiger partial charge on any atom is -0.483 e. The first-order valence-corrected chi connectivity index (χ1v) is 15.3. The predicted octanol–water partition coefficient (Wildman–Crippen LogP) is 2.83. The van der Waals surface area contributed by atoms with Crippen LogP contribution in [0.15, 0.2) is 24.3 Å². The molecule has 1 aromatic carbocycles. The van der Waals surface area contributed by atoms with E-state index in [1.54, 1.807) is 18.2 Å². The number of aryl methyl sites for hydroxylation is 1. The monoisotopic (exact) mass is 647 g/mol. The number of pyridine rings is 1. The van der Waals surface area contributed by atoms with Gasteiger partial charge in [0.15, 0.2) is 6.61 Å². The number of ether oxygens (including phenoxy) is 2. The van der Waals surface area contributed by atoms with Crippen molar-refractivity contribution in [1.82, 2.24) is 25.0 Å². The first-order valence-electron chi connectivity index (χ1n) is 15.3. The molecule has 0 unspecified atom stereocenters. The van der Waals surface area contributed by atoms with E-state index in [4.69, 9.17) is 9.47 Å². The lowest BCUT2D eigenvalue weighted by Crippen LogP contribution is -2.56. The van der Waals surface area contributed by atoms with Gasteiger partial charge in [-0.25, -0.2) is 18.6 Å². The van der Waals surface area contributed by atoms with Gasteiger partial charge in [-0.05, 0) is 37.5 Å². The lowest BCUT2D eigenvalue weighted by molar-refractivity contribution is -0.138. The number of unbranched alkanes of at least 4 members (excludes halogenated alkanes) is 1. The maximum absolute atomic E-state index is 13.6. The number of alkyl halides is 2. The van der Waals surface area contributed by atoms with Crippen LogP contribution in [0.4, 0.5) is 13.6 Å². The molecule has 1 atom stereocenters. The van der Waals surface area contributed by atoms with Crippen molar-refractivity contribution >= 4 is 40.7 Å². The number of carboxylic acids is 1. The number of nitrogens with zero attached hydrogens (tertiary/aromatic N) is 4. The van der Waals surface area contributed by atoms with Gasteiger partial charge in [-0.3, -0.25) is 19.2 Å². The molecule has 0 aliphatic carbocycles. The number of hydrogen-bond acceptors (Lipinski definition) is 8. The summed E-state index contributed by atoms with van der Waals surface area (Å²) in [6.07, 6.45) is 0.146. The van der Waals surface area contributed by atoms with Crippen LogP contribution in [0, 0.1) is 6.92 Å². The third kappa shape index (κ3) is 9.01. The highest BCUT2D eigenvalue weighted by molar-refractivity contribution is 5.99. The Morgan fingerprint density at radius 2 is 1.76 bits per heavy atom. The van der Waals surface area contributed by atoms with Crippen molar-refractivity contribution in [2.45, 2.75) is 57.9 Å². The van der Waals surface area contributed by atoms with E-state index < -0.39 is 67.7 Å². The highest BCUT2D eigenvalue weighted by Crippen LogP contribution is 2.29. The van der Waals surface area contributed by atoms with Crippen LogP contribution in [0.3, 0.4) is 0 Å². The van der Waals surface area contributed by atoms with E-state index in [1.165, 1.54) is 15.9 Å². The third-order valence-corrected chi connectivity index (χ3v) is 7.86. The first kappa shape index (κ1) is 34.3. The lowest BCUT2D eigenvalue weighted by Gasteiger charge is -2.36. The van der Waals surface area contributed by atoms with Gasteiger partial charge in [-0.1, -0.05) is 19.4 Å². The van der Waals surface area contributed by atoms with E-state index in [0.29, 0.717) is 17.5 Å². The Balaban J connectivity index is 1.47. The Morgan fingerprint density at radius 1 is 1.04 bits per heavy atom. The number of nitrogens with one attached hydrogen (secondary N) is 1. The number of aromatic nitrogens is 1. The van der Waals surface area contributed by atoms with Crippen LogP contribution >= 0.6 is 0 Å². The van der Waals surface area contributed by atoms with Crippen LogP contribution in [0.1, 0.15) is 55.1 Å². The van der Waals surface area contributed by atoms with Gasteiger partial charge >= 0.3 is 12.1 Å². The highest BCUT2D eigenvalue weighted by Gasteiger charge is 2.40. The fraction of sp³-hybridized carbons (Fsp3) is 0.548. The Hall–Kier alpha value is -4.56. The Morgan fingerprint density at radius 3 is 2.41 bits per heavy atom. The Kier molecular flexibility index (Phi) is 11.3. The van der Waals surface area contributed by atoms with Gasteiger partial charge in [0.25, 0.3) is 17.7 Å². The molecule has 13 nitrogen and oxygen atoms in total.